The third-order valence-corrected chi connectivity index (χ3v) is 5.15. The monoisotopic (exact) mass is 630 g/mol. The Morgan fingerprint density at radius 3 is 1.45 bits per heavy atom. The molecule has 0 aliphatic carbocycles. The van der Waals surface area contributed by atoms with Crippen LogP contribution in [-0.2, 0) is 42.6 Å². The lowest BCUT2D eigenvalue weighted by atomic mass is 10.2. The minimum absolute atomic E-state index is 0.0686. The van der Waals surface area contributed by atoms with Crippen LogP contribution < -0.4 is 5.32 Å². The van der Waals surface area contributed by atoms with E-state index in [4.69, 9.17) is 42.6 Å². The van der Waals surface area contributed by atoms with Crippen LogP contribution in [0.2, 0.25) is 0 Å². The van der Waals surface area contributed by atoms with Gasteiger partial charge in [0.15, 0.2) is 0 Å². The lowest BCUT2D eigenvalue weighted by molar-refractivity contribution is -0.384. The van der Waals surface area contributed by atoms with E-state index in [0.717, 1.165) is 5.56 Å². The highest BCUT2D eigenvalue weighted by Gasteiger charge is 2.15. The molecule has 0 aliphatic heterocycles. The standard InChI is InChI=1S/C30H50N2O12/c1-30(2,3)44-29(33)31-10-12-37-14-16-39-18-20-41-22-24-43-26-25-42-23-21-40-19-17-38-15-13-36-11-4-5-27-6-8-28(9-7-27)32(34)35/h4-9H,10-26H2,1-3H3,(H,31,33)/b5-4+. The molecule has 0 saturated carbocycles. The first kappa shape index (κ1) is 39.3. The summed E-state index contributed by atoms with van der Waals surface area (Å²) in [5, 5.41) is 13.3. The van der Waals surface area contributed by atoms with Gasteiger partial charge >= 0.3 is 6.09 Å². The van der Waals surface area contributed by atoms with E-state index >= 15 is 0 Å². The highest BCUT2D eigenvalue weighted by Crippen LogP contribution is 2.12. The molecule has 1 rings (SSSR count). The SMILES string of the molecule is CC(C)(C)OC(=O)NCCOCCOCCOCCOCCOCCOCCOCCOC/C=C/c1ccc([N+](=O)[O-])cc1. The maximum atomic E-state index is 11.5. The molecule has 0 aromatic heterocycles. The van der Waals surface area contributed by atoms with Gasteiger partial charge in [0.1, 0.15) is 5.60 Å². The maximum Gasteiger partial charge on any atom is 0.407 e. The Morgan fingerprint density at radius 2 is 1.07 bits per heavy atom. The number of hydrogen-bond donors (Lipinski definition) is 1. The number of nitro groups is 1. The number of amides is 1. The van der Waals surface area contributed by atoms with Crippen molar-refractivity contribution in [2.75, 3.05) is 112 Å². The molecule has 0 fully saturated rings. The van der Waals surface area contributed by atoms with Gasteiger partial charge < -0.3 is 47.9 Å². The van der Waals surface area contributed by atoms with E-state index in [9.17, 15) is 14.9 Å². The van der Waals surface area contributed by atoms with Gasteiger partial charge in [0.05, 0.1) is 111 Å². The van der Waals surface area contributed by atoms with Gasteiger partial charge in [-0.2, -0.15) is 0 Å². The molecule has 0 saturated heterocycles. The summed E-state index contributed by atoms with van der Waals surface area (Å²) in [5.41, 5.74) is 0.425. The van der Waals surface area contributed by atoms with Crippen LogP contribution in [0.1, 0.15) is 26.3 Å². The zero-order chi connectivity index (χ0) is 32.1. The van der Waals surface area contributed by atoms with Gasteiger partial charge in [-0.25, -0.2) is 4.79 Å². The van der Waals surface area contributed by atoms with Gasteiger partial charge in [-0.15, -0.1) is 0 Å². The second kappa shape index (κ2) is 26.7. The Kier molecular flexibility index (Phi) is 23.9. The van der Waals surface area contributed by atoms with Crippen molar-refractivity contribution in [1.82, 2.24) is 5.32 Å². The van der Waals surface area contributed by atoms with Gasteiger partial charge in [0.25, 0.3) is 5.69 Å². The van der Waals surface area contributed by atoms with Crippen molar-refractivity contribution in [3.05, 3.63) is 46.0 Å². The van der Waals surface area contributed by atoms with Crippen molar-refractivity contribution < 1.29 is 52.3 Å². The molecule has 0 unspecified atom stereocenters. The first-order valence-electron chi connectivity index (χ1n) is 14.8. The van der Waals surface area contributed by atoms with Crippen LogP contribution in [0.3, 0.4) is 0 Å². The molecule has 1 aromatic rings. The lowest BCUT2D eigenvalue weighted by Gasteiger charge is -2.19. The third kappa shape index (κ3) is 25.8. The summed E-state index contributed by atoms with van der Waals surface area (Å²) >= 11 is 0. The summed E-state index contributed by atoms with van der Waals surface area (Å²) in [4.78, 5) is 21.7. The van der Waals surface area contributed by atoms with Gasteiger partial charge in [-0.1, -0.05) is 12.2 Å². The van der Waals surface area contributed by atoms with E-state index in [2.05, 4.69) is 5.32 Å². The third-order valence-electron chi connectivity index (χ3n) is 5.15. The van der Waals surface area contributed by atoms with Crippen LogP contribution in [0.15, 0.2) is 30.3 Å². The highest BCUT2D eigenvalue weighted by molar-refractivity contribution is 5.67. The Morgan fingerprint density at radius 1 is 0.682 bits per heavy atom. The highest BCUT2D eigenvalue weighted by atomic mass is 16.6. The molecule has 0 aliphatic rings. The zero-order valence-corrected chi connectivity index (χ0v) is 26.3. The first-order chi connectivity index (χ1) is 21.3. The quantitative estimate of drug-likeness (QED) is 0.0821. The van der Waals surface area contributed by atoms with Crippen molar-refractivity contribution in [3.63, 3.8) is 0 Å². The second-order valence-corrected chi connectivity index (χ2v) is 10.0. The van der Waals surface area contributed by atoms with Crippen molar-refractivity contribution in [2.45, 2.75) is 26.4 Å². The zero-order valence-electron chi connectivity index (χ0n) is 26.3. The van der Waals surface area contributed by atoms with Crippen LogP contribution in [0.4, 0.5) is 10.5 Å². The molecular formula is C30H50N2O12. The molecule has 0 heterocycles. The maximum absolute atomic E-state index is 11.5. The average Bonchev–Trinajstić information content (AvgIpc) is 2.98. The molecule has 14 nitrogen and oxygen atoms in total. The van der Waals surface area contributed by atoms with E-state index in [1.165, 1.54) is 12.1 Å². The molecule has 0 spiro atoms. The number of rotatable bonds is 28. The van der Waals surface area contributed by atoms with E-state index in [1.807, 2.05) is 32.9 Å². The molecule has 1 aromatic carbocycles. The Bertz CT molecular complexity index is 878. The molecule has 0 bridgehead atoms. The summed E-state index contributed by atoms with van der Waals surface area (Å²) in [6, 6.07) is 6.31. The van der Waals surface area contributed by atoms with Gasteiger partial charge in [0.2, 0.25) is 0 Å². The molecule has 252 valence electrons. The van der Waals surface area contributed by atoms with Crippen LogP contribution in [0, 0.1) is 10.1 Å². The number of non-ortho nitro benzene ring substituents is 1. The van der Waals surface area contributed by atoms with Crippen molar-refractivity contribution in [1.29, 1.82) is 0 Å². The summed E-state index contributed by atoms with van der Waals surface area (Å²) < 4.78 is 48.6. The molecule has 1 N–H and O–H groups in total. The van der Waals surface area contributed by atoms with Crippen molar-refractivity contribution >= 4 is 17.9 Å². The molecule has 1 amide bonds. The predicted molar refractivity (Wildman–Crippen MR) is 163 cm³/mol. The van der Waals surface area contributed by atoms with Crippen molar-refractivity contribution in [2.24, 2.45) is 0 Å². The molecule has 44 heavy (non-hydrogen) atoms. The Labute approximate surface area is 260 Å². The number of ether oxygens (including phenoxy) is 9. The van der Waals surface area contributed by atoms with Crippen LogP contribution in [0.5, 0.6) is 0 Å². The van der Waals surface area contributed by atoms with Crippen molar-refractivity contribution in [3.8, 4) is 0 Å². The summed E-state index contributed by atoms with van der Waals surface area (Å²) in [6.07, 6.45) is 3.24. The van der Waals surface area contributed by atoms with Gasteiger partial charge in [-0.05, 0) is 38.5 Å². The number of carbonyl (C=O) groups is 1. The topological polar surface area (TPSA) is 155 Å². The number of alkyl carbamates (subject to hydrolysis) is 1. The van der Waals surface area contributed by atoms with Crippen LogP contribution >= 0.6 is 0 Å². The minimum atomic E-state index is -0.516. The number of nitro benzene ring substituents is 1. The van der Waals surface area contributed by atoms with E-state index < -0.39 is 16.6 Å². The fourth-order valence-electron chi connectivity index (χ4n) is 3.12. The smallest absolute Gasteiger partial charge is 0.407 e. The number of nitrogens with zero attached hydrogens (tertiary/aromatic N) is 1. The average molecular weight is 631 g/mol. The number of hydrogen-bond acceptors (Lipinski definition) is 12. The normalized spacial score (nSPS) is 11.7. The van der Waals surface area contributed by atoms with Crippen LogP contribution in [0.25, 0.3) is 6.08 Å². The summed E-state index contributed by atoms with van der Waals surface area (Å²) in [6.45, 7) is 13.2. The van der Waals surface area contributed by atoms with E-state index in [-0.39, 0.29) is 5.69 Å². The van der Waals surface area contributed by atoms with E-state index in [0.29, 0.717) is 112 Å². The minimum Gasteiger partial charge on any atom is -0.444 e. The number of nitrogens with one attached hydrogen (secondary N) is 1. The second-order valence-electron chi connectivity index (χ2n) is 10.0. The van der Waals surface area contributed by atoms with Gasteiger partial charge in [0, 0.05) is 18.7 Å². The largest absolute Gasteiger partial charge is 0.444 e. The fraction of sp³-hybridized carbons (Fsp3) is 0.700. The summed E-state index contributed by atoms with van der Waals surface area (Å²) in [5.74, 6) is 0. The number of carbonyl (C=O) groups excluding carboxylic acids is 1. The predicted octanol–water partition coefficient (Wildman–Crippen LogP) is 3.27. The van der Waals surface area contributed by atoms with E-state index in [1.54, 1.807) is 12.1 Å². The lowest BCUT2D eigenvalue weighted by Crippen LogP contribution is -2.34. The van der Waals surface area contributed by atoms with Gasteiger partial charge in [-0.3, -0.25) is 10.1 Å². The molecule has 14 heteroatoms. The Balaban J connectivity index is 1.71. The first-order valence-corrected chi connectivity index (χ1v) is 14.8. The fourth-order valence-corrected chi connectivity index (χ4v) is 3.12. The Hall–Kier alpha value is -2.69. The molecule has 0 atom stereocenters. The number of benzene rings is 1. The summed E-state index contributed by atoms with van der Waals surface area (Å²) in [7, 11) is 0. The van der Waals surface area contributed by atoms with Crippen LogP contribution in [-0.4, -0.2) is 129 Å². The molecule has 0 radical (unpaired) electrons. The molecular weight excluding hydrogens is 580 g/mol.